The zero-order valence-electron chi connectivity index (χ0n) is 14.0. The third-order valence-electron chi connectivity index (χ3n) is 4.22. The first-order valence-electron chi connectivity index (χ1n) is 8.57. The minimum atomic E-state index is 0. The average molecular weight is 350 g/mol. The molecule has 1 fully saturated rings. The molecule has 0 saturated carbocycles. The summed E-state index contributed by atoms with van der Waals surface area (Å²) in [7, 11) is 4.69. The molecule has 0 bridgehead atoms. The molecule has 0 amide bonds. The Balaban J connectivity index is 0.00000361. The molecule has 20 heavy (non-hydrogen) atoms. The summed E-state index contributed by atoms with van der Waals surface area (Å²) in [5.74, 6) is 0. The van der Waals surface area contributed by atoms with E-state index in [1.54, 1.807) is 0 Å². The van der Waals surface area contributed by atoms with E-state index >= 15 is 0 Å². The summed E-state index contributed by atoms with van der Waals surface area (Å²) in [6.45, 7) is 5.81. The van der Waals surface area contributed by atoms with Crippen molar-refractivity contribution in [2.75, 3.05) is 33.8 Å². The van der Waals surface area contributed by atoms with Gasteiger partial charge in [-0.1, -0.05) is 58.3 Å². The van der Waals surface area contributed by atoms with Gasteiger partial charge in [0.05, 0.1) is 27.2 Å². The molecule has 0 aromatic heterocycles. The van der Waals surface area contributed by atoms with Crippen LogP contribution in [-0.4, -0.2) is 44.4 Å². The first kappa shape index (κ1) is 20.4. The highest BCUT2D eigenvalue weighted by Crippen LogP contribution is 2.16. The molecule has 1 unspecified atom stereocenters. The van der Waals surface area contributed by atoms with E-state index in [2.05, 4.69) is 21.0 Å². The number of likely N-dealkylation sites (N-methyl/N-ethyl adjacent to an activating group) is 1. The number of ether oxygens (including phenoxy) is 1. The maximum Gasteiger partial charge on any atom is 0.130 e. The highest BCUT2D eigenvalue weighted by Gasteiger charge is 2.30. The summed E-state index contributed by atoms with van der Waals surface area (Å²) >= 11 is 0. The first-order chi connectivity index (χ1) is 9.14. The van der Waals surface area contributed by atoms with Gasteiger partial charge in [-0.05, 0) is 12.8 Å². The molecule has 1 saturated heterocycles. The number of hydrogen-bond donors (Lipinski definition) is 0. The van der Waals surface area contributed by atoms with Crippen molar-refractivity contribution in [2.45, 2.75) is 77.2 Å². The Morgan fingerprint density at radius 2 is 1.30 bits per heavy atom. The number of halogens is 1. The highest BCUT2D eigenvalue weighted by atomic mass is 79.9. The van der Waals surface area contributed by atoms with Gasteiger partial charge < -0.3 is 26.2 Å². The summed E-state index contributed by atoms with van der Waals surface area (Å²) in [5.41, 5.74) is 0. The maximum atomic E-state index is 5.33. The van der Waals surface area contributed by atoms with E-state index in [9.17, 15) is 0 Å². The van der Waals surface area contributed by atoms with Crippen LogP contribution in [0.5, 0.6) is 0 Å². The normalized spacial score (nSPS) is 17.9. The number of hydrogen-bond acceptors (Lipinski definition) is 1. The second-order valence-corrected chi connectivity index (χ2v) is 6.98. The Morgan fingerprint density at radius 3 is 1.75 bits per heavy atom. The quantitative estimate of drug-likeness (QED) is 0.278. The van der Waals surface area contributed by atoms with Crippen molar-refractivity contribution >= 4 is 0 Å². The lowest BCUT2D eigenvalue weighted by molar-refractivity contribution is -0.891. The van der Waals surface area contributed by atoms with Crippen LogP contribution in [0.25, 0.3) is 0 Å². The van der Waals surface area contributed by atoms with Crippen LogP contribution in [0, 0.1) is 0 Å². The number of nitrogens with zero attached hydrogens (tertiary/aromatic N) is 1. The van der Waals surface area contributed by atoms with E-state index in [1.165, 1.54) is 77.3 Å². The van der Waals surface area contributed by atoms with E-state index in [0.29, 0.717) is 6.10 Å². The van der Waals surface area contributed by atoms with E-state index < -0.39 is 0 Å². The zero-order valence-corrected chi connectivity index (χ0v) is 15.6. The predicted molar refractivity (Wildman–Crippen MR) is 83.4 cm³/mol. The van der Waals surface area contributed by atoms with Crippen molar-refractivity contribution < 1.29 is 26.2 Å². The molecule has 122 valence electrons. The summed E-state index contributed by atoms with van der Waals surface area (Å²) in [6.07, 6.45) is 14.9. The summed E-state index contributed by atoms with van der Waals surface area (Å²) in [6, 6.07) is 0. The largest absolute Gasteiger partial charge is 1.00 e. The molecule has 0 N–H and O–H groups in total. The van der Waals surface area contributed by atoms with Gasteiger partial charge in [0.15, 0.2) is 0 Å². The van der Waals surface area contributed by atoms with E-state index in [-0.39, 0.29) is 17.0 Å². The van der Waals surface area contributed by atoms with Crippen LogP contribution in [0.4, 0.5) is 0 Å². The van der Waals surface area contributed by atoms with Gasteiger partial charge in [-0.15, -0.1) is 0 Å². The minimum absolute atomic E-state index is 0. The predicted octanol–water partition coefficient (Wildman–Crippen LogP) is 1.39. The number of epoxide rings is 1. The standard InChI is InChI=1S/C17H36NO.BrH/c1-4-5-6-7-8-9-10-11-12-13-14-18(2,3)15-17-16-19-17;/h17H,4-16H2,1-3H3;1H/q+1;/p-1. The monoisotopic (exact) mass is 349 g/mol. The molecular weight excluding hydrogens is 314 g/mol. The van der Waals surface area contributed by atoms with Gasteiger partial charge in [-0.25, -0.2) is 0 Å². The Labute approximate surface area is 137 Å². The van der Waals surface area contributed by atoms with Crippen LogP contribution < -0.4 is 17.0 Å². The van der Waals surface area contributed by atoms with Crippen molar-refractivity contribution in [3.8, 4) is 0 Å². The SMILES string of the molecule is CCCCCCCCCCCC[N+](C)(C)CC1CO1.[Br-]. The lowest BCUT2D eigenvalue weighted by Crippen LogP contribution is -3.00. The molecule has 0 spiro atoms. The van der Waals surface area contributed by atoms with Gasteiger partial charge in [0.2, 0.25) is 0 Å². The third-order valence-corrected chi connectivity index (χ3v) is 4.22. The van der Waals surface area contributed by atoms with Gasteiger partial charge in [0.1, 0.15) is 12.6 Å². The first-order valence-corrected chi connectivity index (χ1v) is 8.57. The molecule has 1 aliphatic rings. The van der Waals surface area contributed by atoms with E-state index in [0.717, 1.165) is 11.1 Å². The van der Waals surface area contributed by atoms with Crippen molar-refractivity contribution in [3.05, 3.63) is 0 Å². The lowest BCUT2D eigenvalue weighted by atomic mass is 10.1. The topological polar surface area (TPSA) is 12.5 Å². The molecule has 1 heterocycles. The maximum absolute atomic E-state index is 5.33. The summed E-state index contributed by atoms with van der Waals surface area (Å²) in [5, 5.41) is 0. The van der Waals surface area contributed by atoms with Crippen molar-refractivity contribution in [2.24, 2.45) is 0 Å². The zero-order chi connectivity index (χ0) is 14.0. The second-order valence-electron chi connectivity index (χ2n) is 6.98. The Morgan fingerprint density at radius 1 is 0.850 bits per heavy atom. The van der Waals surface area contributed by atoms with Crippen LogP contribution in [0.3, 0.4) is 0 Å². The van der Waals surface area contributed by atoms with Gasteiger partial charge in [0.25, 0.3) is 0 Å². The fourth-order valence-electron chi connectivity index (χ4n) is 2.84. The molecule has 0 aliphatic carbocycles. The average Bonchev–Trinajstić information content (AvgIpc) is 3.14. The van der Waals surface area contributed by atoms with Crippen LogP contribution in [-0.2, 0) is 4.74 Å². The fourth-order valence-corrected chi connectivity index (χ4v) is 2.84. The number of quaternary nitrogens is 1. The number of rotatable bonds is 13. The van der Waals surface area contributed by atoms with E-state index in [4.69, 9.17) is 4.74 Å². The van der Waals surface area contributed by atoms with Gasteiger partial charge in [-0.2, -0.15) is 0 Å². The molecule has 1 rings (SSSR count). The van der Waals surface area contributed by atoms with E-state index in [1.807, 2.05) is 0 Å². The van der Waals surface area contributed by atoms with Crippen LogP contribution in [0.15, 0.2) is 0 Å². The van der Waals surface area contributed by atoms with Gasteiger partial charge >= 0.3 is 0 Å². The molecule has 3 heteroatoms. The van der Waals surface area contributed by atoms with Crippen molar-refractivity contribution in [1.29, 1.82) is 0 Å². The smallest absolute Gasteiger partial charge is 0.130 e. The highest BCUT2D eigenvalue weighted by molar-refractivity contribution is 4.67. The molecular formula is C17H36BrNO. The fraction of sp³-hybridized carbons (Fsp3) is 1.00. The van der Waals surface area contributed by atoms with Gasteiger partial charge in [0, 0.05) is 0 Å². The van der Waals surface area contributed by atoms with Crippen molar-refractivity contribution in [1.82, 2.24) is 0 Å². The molecule has 0 aromatic rings. The lowest BCUT2D eigenvalue weighted by Gasteiger charge is -2.29. The Hall–Kier alpha value is 0.400. The molecule has 0 aromatic carbocycles. The van der Waals surface area contributed by atoms with Crippen molar-refractivity contribution in [3.63, 3.8) is 0 Å². The Bertz CT molecular complexity index is 217. The third kappa shape index (κ3) is 12.2. The number of unbranched alkanes of at least 4 members (excludes halogenated alkanes) is 9. The van der Waals surface area contributed by atoms with Gasteiger partial charge in [-0.3, -0.25) is 0 Å². The molecule has 1 aliphatic heterocycles. The second kappa shape index (κ2) is 12.0. The molecule has 2 nitrogen and oxygen atoms in total. The summed E-state index contributed by atoms with van der Waals surface area (Å²) in [4.78, 5) is 0. The minimum Gasteiger partial charge on any atom is -1.00 e. The summed E-state index contributed by atoms with van der Waals surface area (Å²) < 4.78 is 6.47. The van der Waals surface area contributed by atoms with Crippen LogP contribution in [0.2, 0.25) is 0 Å². The Kier molecular flexibility index (Phi) is 12.2. The molecule has 0 radical (unpaired) electrons. The van der Waals surface area contributed by atoms with Crippen LogP contribution >= 0.6 is 0 Å². The molecule has 1 atom stereocenters. The van der Waals surface area contributed by atoms with Crippen LogP contribution in [0.1, 0.15) is 71.1 Å².